The van der Waals surface area contributed by atoms with Crippen LogP contribution >= 0.6 is 0 Å². The van der Waals surface area contributed by atoms with Gasteiger partial charge in [0.15, 0.2) is 11.5 Å². The van der Waals surface area contributed by atoms with Gasteiger partial charge in [-0.3, -0.25) is 4.79 Å². The van der Waals surface area contributed by atoms with Gasteiger partial charge in [-0.15, -0.1) is 0 Å². The highest BCUT2D eigenvalue weighted by molar-refractivity contribution is 5.81. The van der Waals surface area contributed by atoms with E-state index in [0.717, 1.165) is 6.07 Å². The molecule has 1 amide bonds. The molecule has 0 N–H and O–H groups in total. The highest BCUT2D eigenvalue weighted by Crippen LogP contribution is 2.40. The molecule has 1 heterocycles. The van der Waals surface area contributed by atoms with Crippen molar-refractivity contribution in [2.24, 2.45) is 0 Å². The minimum Gasteiger partial charge on any atom is -0.490 e. The zero-order valence-electron chi connectivity index (χ0n) is 18.2. The molecule has 0 aliphatic carbocycles. The second-order valence-corrected chi connectivity index (χ2v) is 6.77. The molecule has 0 aliphatic heterocycles. The summed E-state index contributed by atoms with van der Waals surface area (Å²) in [7, 11) is 0. The Balaban J connectivity index is 2.09. The number of hydrogen-bond acceptors (Lipinski definition) is 6. The first-order chi connectivity index (χ1) is 15.7. The number of alkyl halides is 3. The van der Waals surface area contributed by atoms with Crippen molar-refractivity contribution < 1.29 is 36.6 Å². The number of ether oxygens (including phenoxy) is 3. The maximum Gasteiger partial charge on any atom is 0.453 e. The van der Waals surface area contributed by atoms with Gasteiger partial charge in [0.25, 0.3) is 5.76 Å². The summed E-state index contributed by atoms with van der Waals surface area (Å²) in [6.07, 6.45) is -5.71. The molecular formula is C23H22F3NO6. The number of amides is 1. The van der Waals surface area contributed by atoms with E-state index in [1.165, 1.54) is 35.2 Å². The molecule has 0 unspecified atom stereocenters. The fourth-order valence-electron chi connectivity index (χ4n) is 3.07. The summed E-state index contributed by atoms with van der Waals surface area (Å²) in [4.78, 5) is 26.5. The van der Waals surface area contributed by atoms with Gasteiger partial charge in [-0.05, 0) is 45.0 Å². The first-order valence-corrected chi connectivity index (χ1v) is 10.2. The quantitative estimate of drug-likeness (QED) is 0.436. The van der Waals surface area contributed by atoms with Crippen LogP contribution in [0.1, 0.15) is 26.5 Å². The third-order valence-electron chi connectivity index (χ3n) is 4.67. The van der Waals surface area contributed by atoms with Crippen molar-refractivity contribution in [3.63, 3.8) is 0 Å². The lowest BCUT2D eigenvalue weighted by Gasteiger charge is -2.18. The average molecular weight is 465 g/mol. The lowest BCUT2D eigenvalue weighted by Crippen LogP contribution is -2.33. The van der Waals surface area contributed by atoms with Crippen molar-refractivity contribution in [2.45, 2.75) is 26.9 Å². The third-order valence-corrected chi connectivity index (χ3v) is 4.67. The van der Waals surface area contributed by atoms with E-state index in [1.807, 2.05) is 0 Å². The Kier molecular flexibility index (Phi) is 7.15. The number of benzene rings is 2. The van der Waals surface area contributed by atoms with Gasteiger partial charge in [-0.2, -0.15) is 13.2 Å². The van der Waals surface area contributed by atoms with E-state index in [9.17, 15) is 22.8 Å². The van der Waals surface area contributed by atoms with Crippen LogP contribution in [0.25, 0.3) is 11.0 Å². The minimum absolute atomic E-state index is 0.0639. The van der Waals surface area contributed by atoms with Crippen LogP contribution in [0.2, 0.25) is 0 Å². The number of nitrogens with zero attached hydrogens (tertiary/aromatic N) is 1. The summed E-state index contributed by atoms with van der Waals surface area (Å²) in [6.45, 7) is 6.23. The van der Waals surface area contributed by atoms with Crippen LogP contribution < -0.4 is 19.6 Å². The molecule has 2 aromatic carbocycles. The Labute approximate surface area is 187 Å². The predicted octanol–water partition coefficient (Wildman–Crippen LogP) is 5.84. The SMILES string of the molecule is CCOc1ccccc1Oc1c(C(F)(F)F)oc2cc(OC(=O)N(CC)CC)ccc2c1=O. The Morgan fingerprint density at radius 2 is 1.70 bits per heavy atom. The van der Waals surface area contributed by atoms with Gasteiger partial charge in [0.1, 0.15) is 11.3 Å². The molecule has 176 valence electrons. The molecular weight excluding hydrogens is 443 g/mol. The number of para-hydroxylation sites is 2. The molecule has 0 spiro atoms. The number of rotatable bonds is 7. The number of hydrogen-bond donors (Lipinski definition) is 0. The molecule has 0 aliphatic rings. The van der Waals surface area contributed by atoms with Crippen molar-refractivity contribution >= 4 is 17.1 Å². The van der Waals surface area contributed by atoms with E-state index >= 15 is 0 Å². The van der Waals surface area contributed by atoms with E-state index < -0.39 is 34.8 Å². The molecule has 3 aromatic rings. The molecule has 10 heteroatoms. The second kappa shape index (κ2) is 9.85. The zero-order chi connectivity index (χ0) is 24.2. The van der Waals surface area contributed by atoms with Gasteiger partial charge in [-0.25, -0.2) is 4.79 Å². The first-order valence-electron chi connectivity index (χ1n) is 10.2. The summed E-state index contributed by atoms with van der Waals surface area (Å²) < 4.78 is 62.3. The van der Waals surface area contributed by atoms with Crippen molar-refractivity contribution in [2.75, 3.05) is 19.7 Å². The molecule has 1 aromatic heterocycles. The molecule has 0 fully saturated rings. The van der Waals surface area contributed by atoms with Crippen LogP contribution in [-0.4, -0.2) is 30.7 Å². The lowest BCUT2D eigenvalue weighted by molar-refractivity contribution is -0.154. The average Bonchev–Trinajstić information content (AvgIpc) is 2.77. The van der Waals surface area contributed by atoms with Crippen LogP contribution in [0.5, 0.6) is 23.0 Å². The van der Waals surface area contributed by atoms with Gasteiger partial charge in [0, 0.05) is 19.2 Å². The van der Waals surface area contributed by atoms with Crippen molar-refractivity contribution in [3.05, 3.63) is 58.4 Å². The van der Waals surface area contributed by atoms with Crippen LogP contribution in [-0.2, 0) is 6.18 Å². The minimum atomic E-state index is -5.03. The summed E-state index contributed by atoms with van der Waals surface area (Å²) >= 11 is 0. The maximum absolute atomic E-state index is 13.8. The van der Waals surface area contributed by atoms with Crippen molar-refractivity contribution in [1.29, 1.82) is 0 Å². The molecule has 0 saturated heterocycles. The van der Waals surface area contributed by atoms with Crippen molar-refractivity contribution in [3.8, 4) is 23.0 Å². The number of carbonyl (C=O) groups is 1. The van der Waals surface area contributed by atoms with E-state index in [2.05, 4.69) is 0 Å². The molecule has 3 rings (SSSR count). The highest BCUT2D eigenvalue weighted by atomic mass is 19.4. The van der Waals surface area contributed by atoms with E-state index in [1.54, 1.807) is 26.8 Å². The Hall–Kier alpha value is -3.69. The topological polar surface area (TPSA) is 78.2 Å². The molecule has 0 atom stereocenters. The van der Waals surface area contributed by atoms with E-state index in [-0.39, 0.29) is 29.2 Å². The maximum atomic E-state index is 13.8. The summed E-state index contributed by atoms with van der Waals surface area (Å²) in [5, 5.41) is -0.172. The highest BCUT2D eigenvalue weighted by Gasteiger charge is 2.40. The van der Waals surface area contributed by atoms with Crippen LogP contribution in [0.15, 0.2) is 51.7 Å². The van der Waals surface area contributed by atoms with Gasteiger partial charge in [0.05, 0.1) is 12.0 Å². The molecule has 0 bridgehead atoms. The van der Waals surface area contributed by atoms with Gasteiger partial charge in [0.2, 0.25) is 11.2 Å². The van der Waals surface area contributed by atoms with Crippen molar-refractivity contribution in [1.82, 2.24) is 4.90 Å². The number of carbonyl (C=O) groups excluding carboxylic acids is 1. The van der Waals surface area contributed by atoms with E-state index in [0.29, 0.717) is 13.1 Å². The molecule has 33 heavy (non-hydrogen) atoms. The fraction of sp³-hybridized carbons (Fsp3) is 0.304. The normalized spacial score (nSPS) is 11.3. The van der Waals surface area contributed by atoms with Crippen LogP contribution in [0, 0.1) is 0 Å². The van der Waals surface area contributed by atoms with Gasteiger partial charge >= 0.3 is 12.3 Å². The first kappa shape index (κ1) is 24.0. The smallest absolute Gasteiger partial charge is 0.453 e. The van der Waals surface area contributed by atoms with Crippen LogP contribution in [0.3, 0.4) is 0 Å². The third kappa shape index (κ3) is 5.21. The monoisotopic (exact) mass is 465 g/mol. The van der Waals surface area contributed by atoms with E-state index in [4.69, 9.17) is 18.6 Å². The summed E-state index contributed by atoms with van der Waals surface area (Å²) in [6, 6.07) is 9.61. The molecule has 0 saturated carbocycles. The zero-order valence-corrected chi connectivity index (χ0v) is 18.2. The van der Waals surface area contributed by atoms with Gasteiger partial charge in [-0.1, -0.05) is 12.1 Å². The van der Waals surface area contributed by atoms with Crippen LogP contribution in [0.4, 0.5) is 18.0 Å². The Bertz CT molecular complexity index is 1200. The molecule has 0 radical (unpaired) electrons. The number of halogens is 3. The van der Waals surface area contributed by atoms with Gasteiger partial charge < -0.3 is 23.5 Å². The second-order valence-electron chi connectivity index (χ2n) is 6.77. The largest absolute Gasteiger partial charge is 0.490 e. The number of fused-ring (bicyclic) bond motifs is 1. The lowest BCUT2D eigenvalue weighted by atomic mass is 10.2. The molecule has 7 nitrogen and oxygen atoms in total. The summed E-state index contributed by atoms with van der Waals surface area (Å²) in [5.41, 5.74) is -1.43. The Morgan fingerprint density at radius 3 is 2.30 bits per heavy atom. The standard InChI is InChI=1S/C23H22F3NO6/c1-4-27(5-2)22(29)31-14-11-12-15-18(13-14)33-21(23(24,25)26)20(19(15)28)32-17-10-8-7-9-16(17)30-6-3/h7-13H,4-6H2,1-3H3. The summed E-state index contributed by atoms with van der Waals surface area (Å²) in [5.74, 6) is -2.59. The fourth-order valence-corrected chi connectivity index (χ4v) is 3.07. The predicted molar refractivity (Wildman–Crippen MR) is 114 cm³/mol. The Morgan fingerprint density at radius 1 is 1.03 bits per heavy atom.